The van der Waals surface area contributed by atoms with Gasteiger partial charge in [-0.05, 0) is 61.9 Å². The molecule has 0 unspecified atom stereocenters. The SMILES string of the molecule is N#CC1(N(COC(=O)O[C@H]2CCC[C@@H]2OC(=O)/C=C/C(=O)O)C(=O)c2cc(-c3cnn(-c4c(Cl)cc(C(F)(C(F)(F)F)C(F)(F)F)cc4OC(F)(F)F)c3)ccc2Cl)CC1. The van der Waals surface area contributed by atoms with Crippen LogP contribution in [0.5, 0.6) is 5.75 Å². The quantitative estimate of drug-likeness (QED) is 0.0798. The lowest BCUT2D eigenvalue weighted by molar-refractivity contribution is -0.348. The summed E-state index contributed by atoms with van der Waals surface area (Å²) in [6.07, 6.45) is -18.3. The molecule has 2 saturated carbocycles. The van der Waals surface area contributed by atoms with E-state index in [2.05, 4.69) is 9.84 Å². The molecule has 1 amide bonds. The lowest BCUT2D eigenvalue weighted by Crippen LogP contribution is -2.50. The van der Waals surface area contributed by atoms with Gasteiger partial charge in [-0.15, -0.1) is 13.2 Å². The Labute approximate surface area is 339 Å². The molecule has 2 atom stereocenters. The van der Waals surface area contributed by atoms with Crippen molar-refractivity contribution in [3.05, 3.63) is 76.0 Å². The minimum Gasteiger partial charge on any atom is -0.478 e. The molecule has 13 nitrogen and oxygen atoms in total. The Hall–Kier alpha value is -5.76. The van der Waals surface area contributed by atoms with Gasteiger partial charge in [0.2, 0.25) is 0 Å². The highest BCUT2D eigenvalue weighted by atomic mass is 35.5. The number of carboxylic acids is 1. The van der Waals surface area contributed by atoms with Crippen LogP contribution in [-0.2, 0) is 29.5 Å². The van der Waals surface area contributed by atoms with Gasteiger partial charge in [-0.2, -0.15) is 36.7 Å². The number of rotatable bonds is 12. The van der Waals surface area contributed by atoms with Crippen molar-refractivity contribution in [2.24, 2.45) is 0 Å². The van der Waals surface area contributed by atoms with Crippen molar-refractivity contribution in [2.75, 3.05) is 6.73 Å². The van der Waals surface area contributed by atoms with Gasteiger partial charge in [-0.1, -0.05) is 29.3 Å². The normalized spacial score (nSPS) is 17.8. The topological polar surface area (TPSA) is 170 Å². The van der Waals surface area contributed by atoms with Gasteiger partial charge >= 0.3 is 42.5 Å². The number of aromatic nitrogens is 2. The minimum atomic E-state index is -6.71. The highest BCUT2D eigenvalue weighted by Crippen LogP contribution is 2.55. The Bertz CT molecular complexity index is 2240. The molecular formula is C35H24Cl2F10N4O9. The maximum atomic E-state index is 14.9. The van der Waals surface area contributed by atoms with Crippen LogP contribution in [0.15, 0.2) is 54.9 Å². The lowest BCUT2D eigenvalue weighted by Gasteiger charge is -2.31. The molecule has 2 aliphatic rings. The van der Waals surface area contributed by atoms with Crippen LogP contribution in [0.4, 0.5) is 48.7 Å². The number of ether oxygens (including phenoxy) is 4. The molecule has 5 rings (SSSR count). The van der Waals surface area contributed by atoms with E-state index >= 15 is 0 Å². The number of halogens is 12. The summed E-state index contributed by atoms with van der Waals surface area (Å²) in [5.74, 6) is -5.21. The van der Waals surface area contributed by atoms with E-state index in [1.807, 2.05) is 6.07 Å². The Morgan fingerprint density at radius 1 is 0.917 bits per heavy atom. The summed E-state index contributed by atoms with van der Waals surface area (Å²) in [7, 11) is 0. The number of carbonyl (C=O) groups excluding carboxylic acids is 3. The van der Waals surface area contributed by atoms with Crippen molar-refractivity contribution in [1.29, 1.82) is 5.26 Å². The molecule has 0 aliphatic heterocycles. The molecule has 3 aromatic rings. The fourth-order valence-corrected chi connectivity index (χ4v) is 6.49. The van der Waals surface area contributed by atoms with E-state index in [4.69, 9.17) is 42.5 Å². The Kier molecular flexibility index (Phi) is 12.6. The maximum absolute atomic E-state index is 14.9. The van der Waals surface area contributed by atoms with Gasteiger partial charge in [0, 0.05) is 29.5 Å². The minimum absolute atomic E-state index is 0.0130. The molecule has 25 heteroatoms. The summed E-state index contributed by atoms with van der Waals surface area (Å²) in [6.45, 7) is -0.873. The second-order valence-corrected chi connectivity index (χ2v) is 13.8. The molecule has 0 saturated heterocycles. The van der Waals surface area contributed by atoms with Crippen LogP contribution in [0.2, 0.25) is 10.0 Å². The van der Waals surface area contributed by atoms with E-state index in [-0.39, 0.29) is 53.5 Å². The first-order chi connectivity index (χ1) is 27.8. The van der Waals surface area contributed by atoms with Crippen molar-refractivity contribution in [3.63, 3.8) is 0 Å². The molecule has 2 fully saturated rings. The van der Waals surface area contributed by atoms with E-state index in [0.29, 0.717) is 23.3 Å². The van der Waals surface area contributed by atoms with Gasteiger partial charge in [0.15, 0.2) is 12.5 Å². The van der Waals surface area contributed by atoms with Gasteiger partial charge in [0.1, 0.15) is 23.4 Å². The molecule has 2 aromatic carbocycles. The fourth-order valence-electron chi connectivity index (χ4n) is 6.00. The van der Waals surface area contributed by atoms with Crippen LogP contribution in [0.3, 0.4) is 0 Å². The Morgan fingerprint density at radius 2 is 1.55 bits per heavy atom. The third-order valence-corrected chi connectivity index (χ3v) is 9.67. The molecule has 322 valence electrons. The number of benzene rings is 2. The Morgan fingerprint density at radius 3 is 2.12 bits per heavy atom. The van der Waals surface area contributed by atoms with Crippen molar-refractivity contribution < 1.29 is 87.1 Å². The van der Waals surface area contributed by atoms with Gasteiger partial charge in [0.05, 0.1) is 27.9 Å². The van der Waals surface area contributed by atoms with Crippen molar-refractivity contribution in [3.8, 4) is 28.6 Å². The summed E-state index contributed by atoms with van der Waals surface area (Å²) >= 11 is 12.2. The first kappa shape index (κ1) is 45.3. The molecule has 2 aliphatic carbocycles. The molecule has 0 radical (unpaired) electrons. The molecular weight excluding hydrogens is 881 g/mol. The van der Waals surface area contributed by atoms with Crippen molar-refractivity contribution in [1.82, 2.24) is 14.7 Å². The maximum Gasteiger partial charge on any atom is 0.573 e. The van der Waals surface area contributed by atoms with Crippen LogP contribution in [0, 0.1) is 11.3 Å². The number of alkyl halides is 10. The highest BCUT2D eigenvalue weighted by molar-refractivity contribution is 6.34. The number of amides is 1. The summed E-state index contributed by atoms with van der Waals surface area (Å²) < 4.78 is 156. The monoisotopic (exact) mass is 904 g/mol. The third kappa shape index (κ3) is 9.65. The highest BCUT2D eigenvalue weighted by Gasteiger charge is 2.73. The smallest absolute Gasteiger partial charge is 0.478 e. The summed E-state index contributed by atoms with van der Waals surface area (Å²) in [6, 6.07) is 4.83. The third-order valence-electron chi connectivity index (χ3n) is 9.05. The molecule has 0 bridgehead atoms. The van der Waals surface area contributed by atoms with E-state index < -0.39 is 101 Å². The zero-order valence-electron chi connectivity index (χ0n) is 29.6. The number of nitriles is 1. The fraction of sp³-hybridized carbons (Fsp3) is 0.371. The largest absolute Gasteiger partial charge is 0.573 e. The van der Waals surface area contributed by atoms with E-state index in [1.54, 1.807) is 0 Å². The van der Waals surface area contributed by atoms with Crippen LogP contribution in [0.25, 0.3) is 16.8 Å². The summed E-state index contributed by atoms with van der Waals surface area (Å²) in [5.41, 5.74) is -11.5. The van der Waals surface area contributed by atoms with Gasteiger partial charge in [-0.3, -0.25) is 9.69 Å². The number of aliphatic carboxylic acids is 1. The number of hydrogen-bond acceptors (Lipinski definition) is 10. The predicted molar refractivity (Wildman–Crippen MR) is 181 cm³/mol. The number of carbonyl (C=O) groups is 4. The lowest BCUT2D eigenvalue weighted by atomic mass is 9.93. The average molecular weight is 905 g/mol. The number of esters is 1. The molecule has 1 aromatic heterocycles. The van der Waals surface area contributed by atoms with Crippen LogP contribution in [-0.4, -0.2) is 87.0 Å². The second-order valence-electron chi connectivity index (χ2n) is 13.0. The summed E-state index contributed by atoms with van der Waals surface area (Å²) in [4.78, 5) is 50.1. The van der Waals surface area contributed by atoms with E-state index in [9.17, 15) is 68.3 Å². The van der Waals surface area contributed by atoms with E-state index in [1.165, 1.54) is 12.1 Å². The number of carboxylic acid groups (broad SMARTS) is 1. The first-order valence-corrected chi connectivity index (χ1v) is 17.5. The van der Waals surface area contributed by atoms with E-state index in [0.717, 1.165) is 23.4 Å². The van der Waals surface area contributed by atoms with Crippen LogP contribution in [0.1, 0.15) is 48.0 Å². The molecule has 0 spiro atoms. The average Bonchev–Trinajstić information content (AvgIpc) is 3.56. The van der Waals surface area contributed by atoms with Gasteiger partial charge < -0.3 is 24.1 Å². The first-order valence-electron chi connectivity index (χ1n) is 16.8. The molecule has 60 heavy (non-hydrogen) atoms. The van der Waals surface area contributed by atoms with Gasteiger partial charge in [-0.25, -0.2) is 23.5 Å². The number of nitrogens with zero attached hydrogens (tertiary/aromatic N) is 4. The van der Waals surface area contributed by atoms with Crippen LogP contribution < -0.4 is 4.74 Å². The zero-order valence-corrected chi connectivity index (χ0v) is 31.1. The zero-order chi connectivity index (χ0) is 44.6. The molecule has 1 heterocycles. The Balaban J connectivity index is 1.41. The number of hydrogen-bond donors (Lipinski definition) is 1. The van der Waals surface area contributed by atoms with Crippen LogP contribution >= 0.6 is 23.2 Å². The standard InChI is InChI=1S/C35H24Cl2F10N4O9/c36-21-5-4-17(18-13-49-51(14-18)28-22(37)11-19(12-25(28)60-35(45,46)47)32(38,33(39,40)41)34(42,43)44)10-20(21)29(55)50(31(15-48)8-9-31)16-57-30(56)59-24-3-1-2-23(24)58-27(54)7-6-26(52)53/h4-7,10-14,23-24H,1-3,8-9,16H2,(H,52,53)/b7-6+/t23-,24-/m0/s1. The second kappa shape index (κ2) is 16.7. The summed E-state index contributed by atoms with van der Waals surface area (Å²) in [5, 5.41) is 20.8. The predicted octanol–water partition coefficient (Wildman–Crippen LogP) is 8.75. The van der Waals surface area contributed by atoms with Crippen molar-refractivity contribution in [2.45, 2.75) is 74.2 Å². The van der Waals surface area contributed by atoms with Crippen molar-refractivity contribution >= 4 is 47.2 Å². The van der Waals surface area contributed by atoms with Gasteiger partial charge in [0.25, 0.3) is 5.91 Å². The molecule has 1 N–H and O–H groups in total.